The van der Waals surface area contributed by atoms with Crippen molar-refractivity contribution >= 4 is 28.5 Å². The van der Waals surface area contributed by atoms with E-state index in [0.29, 0.717) is 35.8 Å². The number of para-hydroxylation sites is 1. The predicted molar refractivity (Wildman–Crippen MR) is 156 cm³/mol. The summed E-state index contributed by atoms with van der Waals surface area (Å²) in [6.07, 6.45) is 11.3. The number of hydrogen-bond donors (Lipinski definition) is 1. The summed E-state index contributed by atoms with van der Waals surface area (Å²) in [5.74, 6) is -0.0128. The Balaban J connectivity index is 1.35. The number of hydrogen-bond acceptors (Lipinski definition) is 6. The zero-order valence-corrected chi connectivity index (χ0v) is 23.2. The average molecular weight is 553 g/mol. The van der Waals surface area contributed by atoms with E-state index in [1.54, 1.807) is 28.0 Å². The number of benzene rings is 2. The van der Waals surface area contributed by atoms with Gasteiger partial charge in [0, 0.05) is 36.8 Å². The molecule has 4 aromatic rings. The van der Waals surface area contributed by atoms with E-state index in [9.17, 15) is 9.59 Å². The molecular weight excluding hydrogens is 516 g/mol. The summed E-state index contributed by atoms with van der Waals surface area (Å²) < 4.78 is 7.33. The van der Waals surface area contributed by atoms with Gasteiger partial charge in [-0.3, -0.25) is 19.5 Å². The van der Waals surface area contributed by atoms with Crippen LogP contribution < -0.4 is 10.2 Å². The Morgan fingerprint density at radius 1 is 0.976 bits per heavy atom. The maximum Gasteiger partial charge on any atom is 0.249 e. The van der Waals surface area contributed by atoms with Gasteiger partial charge in [0.2, 0.25) is 11.8 Å². The van der Waals surface area contributed by atoms with E-state index in [2.05, 4.69) is 32.7 Å². The van der Waals surface area contributed by atoms with Crippen LogP contribution in [0.4, 0.5) is 5.69 Å². The van der Waals surface area contributed by atoms with Crippen molar-refractivity contribution in [1.82, 2.24) is 25.3 Å². The molecule has 9 nitrogen and oxygen atoms in total. The molecule has 1 saturated heterocycles. The van der Waals surface area contributed by atoms with E-state index in [0.717, 1.165) is 18.4 Å². The minimum Gasteiger partial charge on any atom is -0.376 e. The summed E-state index contributed by atoms with van der Waals surface area (Å²) in [6.45, 7) is 1.03. The van der Waals surface area contributed by atoms with Gasteiger partial charge in [0.05, 0.1) is 11.6 Å². The molecule has 2 fully saturated rings. The summed E-state index contributed by atoms with van der Waals surface area (Å²) in [6, 6.07) is 18.4. The highest BCUT2D eigenvalue weighted by molar-refractivity contribution is 6.01. The van der Waals surface area contributed by atoms with Crippen LogP contribution in [0.15, 0.2) is 73.1 Å². The van der Waals surface area contributed by atoms with Gasteiger partial charge < -0.3 is 10.1 Å². The molecule has 2 atom stereocenters. The SMILES string of the molecule is O=C(NC[C@@H]1CCCO1)[C@@H](c1cccnc1)N(C(=O)Cn1nnc2ccccc21)c1ccc(C2CCCCC2)cc1. The maximum atomic E-state index is 14.2. The topological polar surface area (TPSA) is 102 Å². The largest absolute Gasteiger partial charge is 0.376 e. The number of amides is 2. The Kier molecular flexibility index (Phi) is 8.32. The van der Waals surface area contributed by atoms with Crippen molar-refractivity contribution < 1.29 is 14.3 Å². The highest BCUT2D eigenvalue weighted by atomic mass is 16.5. The van der Waals surface area contributed by atoms with Crippen molar-refractivity contribution in [3.8, 4) is 0 Å². The van der Waals surface area contributed by atoms with Crippen molar-refractivity contribution in [3.63, 3.8) is 0 Å². The van der Waals surface area contributed by atoms with Crippen LogP contribution in [0.2, 0.25) is 0 Å². The van der Waals surface area contributed by atoms with E-state index in [1.165, 1.54) is 37.7 Å². The first-order valence-electron chi connectivity index (χ1n) is 14.7. The zero-order chi connectivity index (χ0) is 28.0. The Hall–Kier alpha value is -4.11. The Morgan fingerprint density at radius 3 is 2.56 bits per heavy atom. The van der Waals surface area contributed by atoms with E-state index in [1.807, 2.05) is 42.5 Å². The lowest BCUT2D eigenvalue weighted by Gasteiger charge is -2.32. The smallest absolute Gasteiger partial charge is 0.249 e. The summed E-state index contributed by atoms with van der Waals surface area (Å²) in [5.41, 5.74) is 4.03. The van der Waals surface area contributed by atoms with Crippen molar-refractivity contribution in [3.05, 3.63) is 84.2 Å². The first-order chi connectivity index (χ1) is 20.2. The fraction of sp³-hybridized carbons (Fsp3) is 0.406. The number of ether oxygens (including phenoxy) is 1. The lowest BCUT2D eigenvalue weighted by molar-refractivity contribution is -0.127. The molecule has 2 amide bonds. The van der Waals surface area contributed by atoms with Crippen molar-refractivity contribution in [1.29, 1.82) is 0 Å². The number of anilines is 1. The molecule has 0 spiro atoms. The number of nitrogens with one attached hydrogen (secondary N) is 1. The van der Waals surface area contributed by atoms with Crippen molar-refractivity contribution in [2.45, 2.75) is 69.6 Å². The first-order valence-corrected chi connectivity index (χ1v) is 14.7. The Bertz CT molecular complexity index is 1460. The molecule has 1 aliphatic heterocycles. The van der Waals surface area contributed by atoms with Gasteiger partial charge in [0.15, 0.2) is 0 Å². The van der Waals surface area contributed by atoms with Crippen LogP contribution in [0.25, 0.3) is 11.0 Å². The molecule has 212 valence electrons. The summed E-state index contributed by atoms with van der Waals surface area (Å²) in [5, 5.41) is 11.5. The number of nitrogens with zero attached hydrogens (tertiary/aromatic N) is 5. The molecule has 3 heterocycles. The van der Waals surface area contributed by atoms with Crippen LogP contribution in [-0.4, -0.2) is 51.0 Å². The summed E-state index contributed by atoms with van der Waals surface area (Å²) >= 11 is 0. The Labute approximate surface area is 239 Å². The second-order valence-electron chi connectivity index (χ2n) is 11.0. The van der Waals surface area contributed by atoms with Crippen molar-refractivity contribution in [2.75, 3.05) is 18.1 Å². The lowest BCUT2D eigenvalue weighted by Crippen LogP contribution is -2.46. The normalized spacial score (nSPS) is 18.3. The second-order valence-corrected chi connectivity index (χ2v) is 11.0. The van der Waals surface area contributed by atoms with Crippen LogP contribution in [-0.2, 0) is 20.9 Å². The van der Waals surface area contributed by atoms with E-state index < -0.39 is 6.04 Å². The molecule has 9 heteroatoms. The third-order valence-electron chi connectivity index (χ3n) is 8.26. The first kappa shape index (κ1) is 27.1. The van der Waals surface area contributed by atoms with Gasteiger partial charge in [-0.2, -0.15) is 0 Å². The molecule has 1 aliphatic carbocycles. The molecule has 0 bridgehead atoms. The van der Waals surface area contributed by atoms with E-state index >= 15 is 0 Å². The highest BCUT2D eigenvalue weighted by Gasteiger charge is 2.34. The Morgan fingerprint density at radius 2 is 1.80 bits per heavy atom. The fourth-order valence-electron chi connectivity index (χ4n) is 6.09. The fourth-order valence-corrected chi connectivity index (χ4v) is 6.09. The quantitative estimate of drug-likeness (QED) is 0.316. The van der Waals surface area contributed by atoms with Gasteiger partial charge in [-0.05, 0) is 67.5 Å². The van der Waals surface area contributed by atoms with Crippen LogP contribution in [0.1, 0.15) is 68.0 Å². The molecule has 2 aromatic carbocycles. The molecule has 2 aromatic heterocycles. The summed E-state index contributed by atoms with van der Waals surface area (Å²) in [4.78, 5) is 34.0. The number of fused-ring (bicyclic) bond motifs is 1. The molecule has 0 radical (unpaired) electrons. The van der Waals surface area contributed by atoms with Gasteiger partial charge in [-0.1, -0.05) is 54.8 Å². The van der Waals surface area contributed by atoms with Gasteiger partial charge in [-0.15, -0.1) is 5.10 Å². The van der Waals surface area contributed by atoms with Gasteiger partial charge in [0.25, 0.3) is 0 Å². The van der Waals surface area contributed by atoms with E-state index in [4.69, 9.17) is 4.74 Å². The van der Waals surface area contributed by atoms with Gasteiger partial charge in [0.1, 0.15) is 18.1 Å². The number of aromatic nitrogens is 4. The average Bonchev–Trinajstić information content (AvgIpc) is 3.70. The molecule has 41 heavy (non-hydrogen) atoms. The lowest BCUT2D eigenvalue weighted by atomic mass is 9.84. The molecule has 0 unspecified atom stereocenters. The third-order valence-corrected chi connectivity index (χ3v) is 8.26. The van der Waals surface area contributed by atoms with E-state index in [-0.39, 0.29) is 24.5 Å². The maximum absolute atomic E-state index is 14.2. The number of carbonyl (C=O) groups is 2. The minimum atomic E-state index is -0.923. The predicted octanol–water partition coefficient (Wildman–Crippen LogP) is 4.94. The number of rotatable bonds is 9. The molecule has 2 aliphatic rings. The second kappa shape index (κ2) is 12.6. The zero-order valence-electron chi connectivity index (χ0n) is 23.2. The van der Waals surface area contributed by atoms with Crippen molar-refractivity contribution in [2.24, 2.45) is 0 Å². The molecule has 1 saturated carbocycles. The van der Waals surface area contributed by atoms with Crippen LogP contribution in [0.5, 0.6) is 0 Å². The van der Waals surface area contributed by atoms with Gasteiger partial charge >= 0.3 is 0 Å². The third kappa shape index (κ3) is 6.15. The monoisotopic (exact) mass is 552 g/mol. The van der Waals surface area contributed by atoms with Gasteiger partial charge in [-0.25, -0.2) is 4.68 Å². The van der Waals surface area contributed by atoms with Crippen LogP contribution in [0, 0.1) is 0 Å². The standard InChI is InChI=1S/C32H36N6O3/c39-30(22-37-29-13-5-4-12-28(29)35-36-37)38(26-16-14-24(15-17-26)23-8-2-1-3-9-23)31(25-10-6-18-33-20-25)32(40)34-21-27-11-7-19-41-27/h4-6,10,12-18,20,23,27,31H,1-3,7-9,11,19,21-22H2,(H,34,40)/t27-,31+/m0/s1. The summed E-state index contributed by atoms with van der Waals surface area (Å²) in [7, 11) is 0. The highest BCUT2D eigenvalue weighted by Crippen LogP contribution is 2.35. The number of carbonyl (C=O) groups excluding carboxylic acids is 2. The molecule has 6 rings (SSSR count). The number of pyridine rings is 1. The van der Waals surface area contributed by atoms with Crippen LogP contribution in [0.3, 0.4) is 0 Å². The minimum absolute atomic E-state index is 0.0195. The molecular formula is C32H36N6O3. The van der Waals surface area contributed by atoms with Crippen LogP contribution >= 0.6 is 0 Å². The molecule has 1 N–H and O–H groups in total.